The smallest absolute Gasteiger partial charge is 0.135 e. The number of halogens is 2. The van der Waals surface area contributed by atoms with E-state index in [1.807, 2.05) is 23.7 Å². The van der Waals surface area contributed by atoms with E-state index in [0.29, 0.717) is 15.9 Å². The Hall–Kier alpha value is -2.15. The van der Waals surface area contributed by atoms with E-state index in [2.05, 4.69) is 15.0 Å². The van der Waals surface area contributed by atoms with E-state index in [1.54, 1.807) is 18.5 Å². The van der Waals surface area contributed by atoms with Crippen LogP contribution >= 0.6 is 34.5 Å². The molecule has 0 radical (unpaired) electrons. The largest absolute Gasteiger partial charge is 0.383 e. The third-order valence-corrected chi connectivity index (χ3v) is 5.33. The van der Waals surface area contributed by atoms with Crippen LogP contribution in [-0.2, 0) is 7.05 Å². The van der Waals surface area contributed by atoms with E-state index >= 15 is 0 Å². The first-order chi connectivity index (χ1) is 11.5. The molecular weight excluding hydrogens is 365 g/mol. The third kappa shape index (κ3) is 2.43. The van der Waals surface area contributed by atoms with Gasteiger partial charge in [-0.25, -0.2) is 15.0 Å². The Morgan fingerprint density at radius 2 is 1.96 bits per heavy atom. The Balaban J connectivity index is 1.97. The molecule has 3 aromatic heterocycles. The predicted molar refractivity (Wildman–Crippen MR) is 99.5 cm³/mol. The zero-order valence-corrected chi connectivity index (χ0v) is 14.8. The predicted octanol–water partition coefficient (Wildman–Crippen LogP) is 4.65. The first-order valence-electron chi connectivity index (χ1n) is 7.01. The second kappa shape index (κ2) is 5.73. The number of nitrogens with two attached hydrogens (primary N) is 1. The van der Waals surface area contributed by atoms with Gasteiger partial charge in [0.1, 0.15) is 17.0 Å². The molecule has 0 amide bonds. The van der Waals surface area contributed by atoms with Crippen LogP contribution in [0, 0.1) is 0 Å². The molecule has 24 heavy (non-hydrogen) atoms. The van der Waals surface area contributed by atoms with Gasteiger partial charge in [-0.05, 0) is 24.3 Å². The minimum Gasteiger partial charge on any atom is -0.383 e. The molecule has 2 N–H and O–H groups in total. The van der Waals surface area contributed by atoms with Crippen LogP contribution in [0.25, 0.3) is 32.0 Å². The van der Waals surface area contributed by atoms with Crippen molar-refractivity contribution in [2.45, 2.75) is 0 Å². The van der Waals surface area contributed by atoms with Crippen molar-refractivity contribution in [1.82, 2.24) is 19.5 Å². The molecule has 120 valence electrons. The Morgan fingerprint density at radius 1 is 1.12 bits per heavy atom. The van der Waals surface area contributed by atoms with Gasteiger partial charge >= 0.3 is 0 Å². The van der Waals surface area contributed by atoms with Gasteiger partial charge in [-0.1, -0.05) is 23.2 Å². The van der Waals surface area contributed by atoms with Crippen molar-refractivity contribution in [2.75, 3.05) is 5.73 Å². The number of fused-ring (bicyclic) bond motifs is 1. The molecule has 0 atom stereocenters. The highest BCUT2D eigenvalue weighted by Gasteiger charge is 2.19. The molecule has 0 aliphatic heterocycles. The lowest BCUT2D eigenvalue weighted by Crippen LogP contribution is -1.91. The molecule has 4 rings (SSSR count). The maximum absolute atomic E-state index is 6.36. The average Bonchev–Trinajstić information content (AvgIpc) is 3.14. The molecule has 0 fully saturated rings. The van der Waals surface area contributed by atoms with Crippen LogP contribution in [0.3, 0.4) is 0 Å². The van der Waals surface area contributed by atoms with Crippen LogP contribution in [0.4, 0.5) is 5.82 Å². The van der Waals surface area contributed by atoms with Crippen LogP contribution in [0.1, 0.15) is 0 Å². The average molecular weight is 376 g/mol. The van der Waals surface area contributed by atoms with Gasteiger partial charge < -0.3 is 10.3 Å². The fraction of sp³-hybridized carbons (Fsp3) is 0.0625. The summed E-state index contributed by atoms with van der Waals surface area (Å²) in [6, 6.07) is 7.32. The molecule has 0 unspecified atom stereocenters. The number of nitrogens with zero attached hydrogens (tertiary/aromatic N) is 4. The molecule has 3 heterocycles. The number of hydrogen-bond acceptors (Lipinski definition) is 5. The van der Waals surface area contributed by atoms with Crippen LogP contribution < -0.4 is 5.73 Å². The standard InChI is InChI=1S/C16H11Cl2N5S/c1-23-7-22-13(9-4-8(17)2-3-11(9)18)14(23)12-5-10-15(19)20-6-21-16(10)24-12/h2-7H,1H3,(H2,19,20,21). The van der Waals surface area contributed by atoms with Crippen LogP contribution in [0.15, 0.2) is 36.9 Å². The second-order valence-electron chi connectivity index (χ2n) is 5.27. The van der Waals surface area contributed by atoms with Crippen molar-refractivity contribution < 1.29 is 0 Å². The number of aryl methyl sites for hydroxylation is 1. The van der Waals surface area contributed by atoms with Crippen molar-refractivity contribution in [1.29, 1.82) is 0 Å². The number of imidazole rings is 1. The lowest BCUT2D eigenvalue weighted by molar-refractivity contribution is 0.924. The Kier molecular flexibility index (Phi) is 3.68. The summed E-state index contributed by atoms with van der Waals surface area (Å²) in [6.45, 7) is 0. The van der Waals surface area contributed by atoms with E-state index in [4.69, 9.17) is 28.9 Å². The van der Waals surface area contributed by atoms with Gasteiger partial charge in [0.05, 0.1) is 33.0 Å². The summed E-state index contributed by atoms with van der Waals surface area (Å²) in [5.41, 5.74) is 8.44. The van der Waals surface area contributed by atoms with E-state index in [-0.39, 0.29) is 0 Å². The molecule has 0 spiro atoms. The number of nitrogen functional groups attached to an aromatic ring is 1. The van der Waals surface area contributed by atoms with E-state index in [1.165, 1.54) is 17.7 Å². The summed E-state index contributed by atoms with van der Waals surface area (Å²) in [5, 5.41) is 2.04. The molecular formula is C16H11Cl2N5S. The van der Waals surface area contributed by atoms with Crippen molar-refractivity contribution in [3.63, 3.8) is 0 Å². The van der Waals surface area contributed by atoms with Crippen LogP contribution in [0.5, 0.6) is 0 Å². The summed E-state index contributed by atoms with van der Waals surface area (Å²) in [7, 11) is 1.93. The maximum Gasteiger partial charge on any atom is 0.135 e. The molecule has 0 saturated carbocycles. The number of aromatic nitrogens is 4. The van der Waals surface area contributed by atoms with Crippen molar-refractivity contribution in [2.24, 2.45) is 7.05 Å². The zero-order valence-electron chi connectivity index (χ0n) is 12.5. The second-order valence-corrected chi connectivity index (χ2v) is 7.14. The van der Waals surface area contributed by atoms with E-state index < -0.39 is 0 Å². The molecule has 0 aliphatic carbocycles. The van der Waals surface area contributed by atoms with Crippen LogP contribution in [-0.4, -0.2) is 19.5 Å². The minimum atomic E-state index is 0.465. The van der Waals surface area contributed by atoms with Crippen molar-refractivity contribution in [3.8, 4) is 21.8 Å². The molecule has 0 saturated heterocycles. The zero-order chi connectivity index (χ0) is 16.8. The minimum absolute atomic E-state index is 0.465. The lowest BCUT2D eigenvalue weighted by atomic mass is 10.1. The fourth-order valence-corrected chi connectivity index (χ4v) is 4.06. The highest BCUT2D eigenvalue weighted by molar-refractivity contribution is 7.21. The number of rotatable bonds is 2. The normalized spacial score (nSPS) is 11.3. The molecule has 5 nitrogen and oxygen atoms in total. The van der Waals surface area contributed by atoms with Crippen molar-refractivity contribution >= 4 is 50.6 Å². The highest BCUT2D eigenvalue weighted by atomic mass is 35.5. The van der Waals surface area contributed by atoms with Gasteiger partial charge in [0.25, 0.3) is 0 Å². The van der Waals surface area contributed by atoms with Gasteiger partial charge in [-0.2, -0.15) is 0 Å². The number of thiophene rings is 1. The quantitative estimate of drug-likeness (QED) is 0.553. The van der Waals surface area contributed by atoms with Crippen molar-refractivity contribution in [3.05, 3.63) is 47.0 Å². The first-order valence-corrected chi connectivity index (χ1v) is 8.59. The lowest BCUT2D eigenvalue weighted by Gasteiger charge is -2.06. The topological polar surface area (TPSA) is 69.6 Å². The summed E-state index contributed by atoms with van der Waals surface area (Å²) in [5.74, 6) is 0.465. The maximum atomic E-state index is 6.36. The Labute approximate surface area is 151 Å². The fourth-order valence-electron chi connectivity index (χ4n) is 2.59. The molecule has 0 bridgehead atoms. The molecule has 4 aromatic rings. The van der Waals surface area contributed by atoms with Gasteiger partial charge in [0, 0.05) is 17.6 Å². The summed E-state index contributed by atoms with van der Waals surface area (Å²) in [4.78, 5) is 14.7. The van der Waals surface area contributed by atoms with Crippen LogP contribution in [0.2, 0.25) is 10.0 Å². The monoisotopic (exact) mass is 375 g/mol. The molecule has 8 heteroatoms. The van der Waals surface area contributed by atoms with E-state index in [9.17, 15) is 0 Å². The number of hydrogen-bond donors (Lipinski definition) is 1. The van der Waals surface area contributed by atoms with Gasteiger partial charge in [0.15, 0.2) is 0 Å². The first kappa shape index (κ1) is 15.4. The Morgan fingerprint density at radius 3 is 2.75 bits per heavy atom. The SMILES string of the molecule is Cn1cnc(-c2cc(Cl)ccc2Cl)c1-c1cc2c(N)ncnc2s1. The highest BCUT2D eigenvalue weighted by Crippen LogP contribution is 2.40. The Bertz CT molecular complexity index is 1070. The number of anilines is 1. The van der Waals surface area contributed by atoms with Gasteiger partial charge in [0.2, 0.25) is 0 Å². The van der Waals surface area contributed by atoms with Gasteiger partial charge in [-0.15, -0.1) is 11.3 Å². The number of benzene rings is 1. The molecule has 0 aliphatic rings. The van der Waals surface area contributed by atoms with E-state index in [0.717, 1.165) is 32.0 Å². The summed E-state index contributed by atoms with van der Waals surface area (Å²) < 4.78 is 1.95. The third-order valence-electron chi connectivity index (χ3n) is 3.71. The summed E-state index contributed by atoms with van der Waals surface area (Å²) in [6.07, 6.45) is 3.22. The summed E-state index contributed by atoms with van der Waals surface area (Å²) >= 11 is 14.0. The molecule has 1 aromatic carbocycles. The van der Waals surface area contributed by atoms with Gasteiger partial charge in [-0.3, -0.25) is 0 Å².